The van der Waals surface area contributed by atoms with E-state index in [1.165, 1.54) is 6.07 Å². The topological polar surface area (TPSA) is 113 Å². The summed E-state index contributed by atoms with van der Waals surface area (Å²) in [7, 11) is 0. The van der Waals surface area contributed by atoms with Gasteiger partial charge in [-0.1, -0.05) is 18.2 Å². The van der Waals surface area contributed by atoms with Crippen LogP contribution in [0.15, 0.2) is 42.5 Å². The highest BCUT2D eigenvalue weighted by Gasteiger charge is 2.21. The van der Waals surface area contributed by atoms with Crippen molar-refractivity contribution in [1.29, 1.82) is 0 Å². The molecule has 1 saturated heterocycles. The van der Waals surface area contributed by atoms with Crippen LogP contribution in [0.2, 0.25) is 0 Å². The second kappa shape index (κ2) is 8.83. The van der Waals surface area contributed by atoms with Crippen LogP contribution in [0.25, 0.3) is 0 Å². The summed E-state index contributed by atoms with van der Waals surface area (Å²) >= 11 is 0. The highest BCUT2D eigenvalue weighted by Crippen LogP contribution is 2.20. The minimum absolute atomic E-state index is 0.0145. The van der Waals surface area contributed by atoms with Gasteiger partial charge in [0.25, 0.3) is 11.6 Å². The maximum atomic E-state index is 12.4. The van der Waals surface area contributed by atoms with Crippen molar-refractivity contribution in [3.8, 4) is 0 Å². The van der Waals surface area contributed by atoms with Gasteiger partial charge in [0.2, 0.25) is 5.91 Å². The normalized spacial score (nSPS) is 14.5. The molecule has 152 valence electrons. The highest BCUT2D eigenvalue weighted by atomic mass is 16.6. The molecule has 0 aliphatic carbocycles. The SMILES string of the molecule is Cc1ccc(C(=O)Nc2ccc(CC(=O)N3CCC(O)CC3)cc2)cc1[N+](=O)[O-]. The number of aliphatic hydroxyl groups excluding tert-OH is 1. The number of nitrogens with zero attached hydrogens (tertiary/aromatic N) is 2. The van der Waals surface area contributed by atoms with Crippen molar-refractivity contribution in [3.63, 3.8) is 0 Å². The Bertz CT molecular complexity index is 918. The van der Waals surface area contributed by atoms with Crippen molar-refractivity contribution in [1.82, 2.24) is 4.90 Å². The summed E-state index contributed by atoms with van der Waals surface area (Å²) in [5.74, 6) is -0.426. The Morgan fingerprint density at radius 1 is 1.17 bits per heavy atom. The van der Waals surface area contributed by atoms with Crippen LogP contribution in [0.5, 0.6) is 0 Å². The molecule has 0 saturated carbocycles. The van der Waals surface area contributed by atoms with Crippen molar-refractivity contribution < 1.29 is 19.6 Å². The number of likely N-dealkylation sites (tertiary alicyclic amines) is 1. The molecule has 29 heavy (non-hydrogen) atoms. The molecule has 1 aliphatic rings. The van der Waals surface area contributed by atoms with Crippen molar-refractivity contribution in [3.05, 3.63) is 69.3 Å². The lowest BCUT2D eigenvalue weighted by Crippen LogP contribution is -2.40. The van der Waals surface area contributed by atoms with Crippen molar-refractivity contribution in [2.45, 2.75) is 32.3 Å². The molecule has 2 aromatic rings. The predicted molar refractivity (Wildman–Crippen MR) is 108 cm³/mol. The van der Waals surface area contributed by atoms with E-state index in [9.17, 15) is 24.8 Å². The van der Waals surface area contributed by atoms with Crippen LogP contribution in [-0.4, -0.2) is 45.9 Å². The van der Waals surface area contributed by atoms with Gasteiger partial charge >= 0.3 is 0 Å². The summed E-state index contributed by atoms with van der Waals surface area (Å²) in [6.45, 7) is 2.75. The predicted octanol–water partition coefficient (Wildman–Crippen LogP) is 2.68. The summed E-state index contributed by atoms with van der Waals surface area (Å²) in [6, 6.07) is 11.3. The summed E-state index contributed by atoms with van der Waals surface area (Å²) in [6.07, 6.45) is 1.15. The van der Waals surface area contributed by atoms with E-state index >= 15 is 0 Å². The standard InChI is InChI=1S/C21H23N3O5/c1-14-2-5-16(13-19(14)24(28)29)21(27)22-17-6-3-15(4-7-17)12-20(26)23-10-8-18(25)9-11-23/h2-7,13,18,25H,8-12H2,1H3,(H,22,27). The number of carbonyl (C=O) groups excluding carboxylic acids is 2. The zero-order valence-corrected chi connectivity index (χ0v) is 16.1. The fourth-order valence-electron chi connectivity index (χ4n) is 3.26. The van der Waals surface area contributed by atoms with Gasteiger partial charge in [-0.3, -0.25) is 19.7 Å². The number of aliphatic hydroxyl groups is 1. The Labute approximate surface area is 168 Å². The third kappa shape index (κ3) is 5.17. The first-order valence-corrected chi connectivity index (χ1v) is 9.44. The lowest BCUT2D eigenvalue weighted by molar-refractivity contribution is -0.385. The number of carbonyl (C=O) groups is 2. The molecule has 2 amide bonds. The number of hydrogen-bond acceptors (Lipinski definition) is 5. The first kappa shape index (κ1) is 20.5. The van der Waals surface area contributed by atoms with Gasteiger partial charge in [0.1, 0.15) is 0 Å². The van der Waals surface area contributed by atoms with Crippen LogP contribution in [0, 0.1) is 17.0 Å². The molecule has 1 aliphatic heterocycles. The largest absolute Gasteiger partial charge is 0.393 e. The van der Waals surface area contributed by atoms with E-state index in [2.05, 4.69) is 5.32 Å². The van der Waals surface area contributed by atoms with Crippen molar-refractivity contribution >= 4 is 23.2 Å². The summed E-state index contributed by atoms with van der Waals surface area (Å²) in [4.78, 5) is 37.0. The maximum absolute atomic E-state index is 12.4. The van der Waals surface area contributed by atoms with Crippen LogP contribution in [0.3, 0.4) is 0 Å². The monoisotopic (exact) mass is 397 g/mol. The number of piperidine rings is 1. The zero-order chi connectivity index (χ0) is 21.0. The number of anilines is 1. The van der Waals surface area contributed by atoms with Crippen LogP contribution in [-0.2, 0) is 11.2 Å². The second-order valence-corrected chi connectivity index (χ2v) is 7.20. The Hall–Kier alpha value is -3.26. The highest BCUT2D eigenvalue weighted by molar-refractivity contribution is 6.04. The third-order valence-corrected chi connectivity index (χ3v) is 5.05. The fraction of sp³-hybridized carbons (Fsp3) is 0.333. The number of rotatable bonds is 5. The Morgan fingerprint density at radius 2 is 1.83 bits per heavy atom. The second-order valence-electron chi connectivity index (χ2n) is 7.20. The molecule has 0 aromatic heterocycles. The first-order chi connectivity index (χ1) is 13.8. The minimum atomic E-state index is -0.513. The third-order valence-electron chi connectivity index (χ3n) is 5.05. The van der Waals surface area contributed by atoms with E-state index in [0.29, 0.717) is 37.2 Å². The lowest BCUT2D eigenvalue weighted by atomic mass is 10.1. The molecule has 0 radical (unpaired) electrons. The van der Waals surface area contributed by atoms with E-state index in [4.69, 9.17) is 0 Å². The molecule has 2 N–H and O–H groups in total. The molecule has 0 bridgehead atoms. The van der Waals surface area contributed by atoms with E-state index < -0.39 is 10.8 Å². The molecular formula is C21H23N3O5. The average Bonchev–Trinajstić information content (AvgIpc) is 2.70. The lowest BCUT2D eigenvalue weighted by Gasteiger charge is -2.29. The number of nitro groups is 1. The van der Waals surface area contributed by atoms with Gasteiger partial charge in [-0.15, -0.1) is 0 Å². The summed E-state index contributed by atoms with van der Waals surface area (Å²) in [5.41, 5.74) is 1.95. The van der Waals surface area contributed by atoms with E-state index in [0.717, 1.165) is 5.56 Å². The van der Waals surface area contributed by atoms with E-state index in [-0.39, 0.29) is 29.7 Å². The van der Waals surface area contributed by atoms with Crippen LogP contribution < -0.4 is 5.32 Å². The summed E-state index contributed by atoms with van der Waals surface area (Å²) < 4.78 is 0. The van der Waals surface area contributed by atoms with Gasteiger partial charge in [0.05, 0.1) is 17.4 Å². The molecule has 3 rings (SSSR count). The van der Waals surface area contributed by atoms with E-state index in [1.807, 2.05) is 0 Å². The smallest absolute Gasteiger partial charge is 0.273 e. The molecule has 2 aromatic carbocycles. The average molecular weight is 397 g/mol. The van der Waals surface area contributed by atoms with Crippen molar-refractivity contribution in [2.24, 2.45) is 0 Å². The van der Waals surface area contributed by atoms with Gasteiger partial charge in [-0.2, -0.15) is 0 Å². The number of benzene rings is 2. The van der Waals surface area contributed by atoms with Crippen LogP contribution in [0.1, 0.15) is 34.3 Å². The minimum Gasteiger partial charge on any atom is -0.393 e. The quantitative estimate of drug-likeness (QED) is 0.595. The molecule has 0 unspecified atom stereocenters. The number of hydrogen-bond donors (Lipinski definition) is 2. The molecule has 0 spiro atoms. The van der Waals surface area contributed by atoms with E-state index in [1.54, 1.807) is 48.2 Å². The Balaban J connectivity index is 1.60. The first-order valence-electron chi connectivity index (χ1n) is 9.44. The number of aryl methyl sites for hydroxylation is 1. The molecule has 0 atom stereocenters. The van der Waals surface area contributed by atoms with Crippen molar-refractivity contribution in [2.75, 3.05) is 18.4 Å². The number of amides is 2. The molecule has 8 heteroatoms. The molecule has 8 nitrogen and oxygen atoms in total. The molecule has 1 fully saturated rings. The van der Waals surface area contributed by atoms with Gasteiger partial charge < -0.3 is 15.3 Å². The maximum Gasteiger partial charge on any atom is 0.273 e. The number of nitro benzene ring substituents is 1. The summed E-state index contributed by atoms with van der Waals surface area (Å²) in [5, 5.41) is 23.3. The molecule has 1 heterocycles. The van der Waals surface area contributed by atoms with Gasteiger partial charge in [0, 0.05) is 36.0 Å². The van der Waals surface area contributed by atoms with Gasteiger partial charge in [-0.05, 0) is 43.5 Å². The van der Waals surface area contributed by atoms with Crippen LogP contribution >= 0.6 is 0 Å². The molecular weight excluding hydrogens is 374 g/mol. The zero-order valence-electron chi connectivity index (χ0n) is 16.1. The van der Waals surface area contributed by atoms with Gasteiger partial charge in [0.15, 0.2) is 0 Å². The van der Waals surface area contributed by atoms with Crippen LogP contribution in [0.4, 0.5) is 11.4 Å². The Morgan fingerprint density at radius 3 is 2.45 bits per heavy atom. The fourth-order valence-corrected chi connectivity index (χ4v) is 3.26. The Kier molecular flexibility index (Phi) is 6.23. The van der Waals surface area contributed by atoms with Gasteiger partial charge in [-0.25, -0.2) is 0 Å². The number of nitrogens with one attached hydrogen (secondary N) is 1.